The van der Waals surface area contributed by atoms with Gasteiger partial charge in [0.25, 0.3) is 0 Å². The zero-order valence-electron chi connectivity index (χ0n) is 9.87. The van der Waals surface area contributed by atoms with E-state index in [0.717, 1.165) is 12.8 Å². The van der Waals surface area contributed by atoms with Crippen LogP contribution < -0.4 is 5.32 Å². The quantitative estimate of drug-likeness (QED) is 0.453. The summed E-state index contributed by atoms with van der Waals surface area (Å²) in [7, 11) is 0. The lowest BCUT2D eigenvalue weighted by molar-refractivity contribution is -0.147. The molecule has 0 aromatic rings. The van der Waals surface area contributed by atoms with Gasteiger partial charge in [0.15, 0.2) is 0 Å². The smallest absolute Gasteiger partial charge is 0.312 e. The molecule has 18 heavy (non-hydrogen) atoms. The number of hydrogen-bond donors (Lipinski definition) is 2. The second-order valence-corrected chi connectivity index (χ2v) is 5.43. The Morgan fingerprint density at radius 3 is 2.83 bits per heavy atom. The number of aliphatic hydroxyl groups is 1. The molecule has 2 saturated carbocycles. The molecule has 1 heterocycles. The topological polar surface area (TPSA) is 93.4 Å². The number of hydrogen-bond acceptors (Lipinski definition) is 4. The van der Waals surface area contributed by atoms with Crippen molar-refractivity contribution in [3.8, 4) is 6.07 Å². The van der Waals surface area contributed by atoms with E-state index in [4.69, 9.17) is 5.26 Å². The maximum Gasteiger partial charge on any atom is 0.312 e. The summed E-state index contributed by atoms with van der Waals surface area (Å²) in [6.45, 7) is 0.406. The number of rotatable bonds is 1. The average Bonchev–Trinajstić information content (AvgIpc) is 2.95. The molecule has 5 unspecified atom stereocenters. The summed E-state index contributed by atoms with van der Waals surface area (Å²) in [6, 6.07) is 1.58. The van der Waals surface area contributed by atoms with Gasteiger partial charge in [0.05, 0.1) is 18.2 Å². The fourth-order valence-electron chi connectivity index (χ4n) is 3.98. The van der Waals surface area contributed by atoms with Crippen molar-refractivity contribution >= 4 is 11.8 Å². The molecule has 5 atom stereocenters. The van der Waals surface area contributed by atoms with E-state index < -0.39 is 17.9 Å². The lowest BCUT2D eigenvalue weighted by atomic mass is 9.88. The molecule has 0 aromatic heterocycles. The van der Waals surface area contributed by atoms with Crippen molar-refractivity contribution in [1.82, 2.24) is 10.2 Å². The molecular formula is C12H15N3O3. The number of carbonyl (C=O) groups excluding carboxylic acids is 2. The maximum atomic E-state index is 12.0. The van der Waals surface area contributed by atoms with Crippen molar-refractivity contribution in [2.75, 3.05) is 13.1 Å². The Morgan fingerprint density at radius 1 is 1.39 bits per heavy atom. The fourth-order valence-corrected chi connectivity index (χ4v) is 3.98. The van der Waals surface area contributed by atoms with Crippen LogP contribution in [0.15, 0.2) is 0 Å². The summed E-state index contributed by atoms with van der Waals surface area (Å²) in [6.07, 6.45) is 1.45. The van der Waals surface area contributed by atoms with E-state index >= 15 is 0 Å². The van der Waals surface area contributed by atoms with E-state index in [1.807, 2.05) is 0 Å². The van der Waals surface area contributed by atoms with E-state index in [0.29, 0.717) is 24.3 Å². The second kappa shape index (κ2) is 3.95. The van der Waals surface area contributed by atoms with Crippen LogP contribution in [0.5, 0.6) is 0 Å². The van der Waals surface area contributed by atoms with Gasteiger partial charge in [0, 0.05) is 6.54 Å². The number of nitriles is 1. The number of fused-ring (bicyclic) bond motifs is 1. The molecule has 2 amide bonds. The zero-order valence-corrected chi connectivity index (χ0v) is 9.87. The lowest BCUT2D eigenvalue weighted by Gasteiger charge is -2.28. The minimum Gasteiger partial charge on any atom is -0.391 e. The number of amides is 2. The van der Waals surface area contributed by atoms with Gasteiger partial charge >= 0.3 is 11.8 Å². The molecule has 0 aromatic carbocycles. The SMILES string of the molecule is N#CCNC(=O)C(=O)N1CC2CC3CC2C1C3O. The minimum atomic E-state index is -0.742. The van der Waals surface area contributed by atoms with E-state index in [1.165, 1.54) is 4.90 Å². The fraction of sp³-hybridized carbons (Fsp3) is 0.750. The van der Waals surface area contributed by atoms with Gasteiger partial charge in [-0.1, -0.05) is 0 Å². The summed E-state index contributed by atoms with van der Waals surface area (Å²) >= 11 is 0. The maximum absolute atomic E-state index is 12.0. The van der Waals surface area contributed by atoms with Gasteiger partial charge in [-0.2, -0.15) is 5.26 Å². The van der Waals surface area contributed by atoms with Crippen molar-refractivity contribution in [1.29, 1.82) is 5.26 Å². The normalized spacial score (nSPS) is 39.8. The molecule has 6 nitrogen and oxygen atoms in total. The molecule has 2 N–H and O–H groups in total. The summed E-state index contributed by atoms with van der Waals surface area (Å²) in [5, 5.41) is 20.7. The third kappa shape index (κ3) is 1.44. The number of nitrogens with zero attached hydrogens (tertiary/aromatic N) is 2. The number of aliphatic hydroxyl groups excluding tert-OH is 1. The first-order chi connectivity index (χ1) is 8.63. The third-order valence-corrected chi connectivity index (χ3v) is 4.63. The Balaban J connectivity index is 1.73. The average molecular weight is 249 g/mol. The van der Waals surface area contributed by atoms with Crippen molar-refractivity contribution < 1.29 is 14.7 Å². The van der Waals surface area contributed by atoms with Crippen LogP contribution in [0.4, 0.5) is 0 Å². The van der Waals surface area contributed by atoms with Gasteiger partial charge in [-0.05, 0) is 30.6 Å². The monoisotopic (exact) mass is 249 g/mol. The van der Waals surface area contributed by atoms with Crippen molar-refractivity contribution in [3.63, 3.8) is 0 Å². The highest BCUT2D eigenvalue weighted by Crippen LogP contribution is 2.54. The van der Waals surface area contributed by atoms with Crippen LogP contribution in [0.2, 0.25) is 0 Å². The summed E-state index contributed by atoms with van der Waals surface area (Å²) in [4.78, 5) is 25.1. The predicted octanol–water partition coefficient (Wildman–Crippen LogP) is -1.15. The van der Waals surface area contributed by atoms with Crippen LogP contribution >= 0.6 is 0 Å². The lowest BCUT2D eigenvalue weighted by Crippen LogP contribution is -2.49. The predicted molar refractivity (Wildman–Crippen MR) is 59.8 cm³/mol. The zero-order chi connectivity index (χ0) is 12.9. The first kappa shape index (κ1) is 11.5. The van der Waals surface area contributed by atoms with Gasteiger partial charge in [-0.25, -0.2) is 0 Å². The summed E-state index contributed by atoms with van der Waals surface area (Å²) in [5.74, 6) is -0.253. The summed E-state index contributed by atoms with van der Waals surface area (Å²) in [5.41, 5.74) is 0. The minimum absolute atomic E-state index is 0.166. The number of nitrogens with one attached hydrogen (secondary N) is 1. The Morgan fingerprint density at radius 2 is 2.17 bits per heavy atom. The molecule has 3 aliphatic rings. The van der Waals surface area contributed by atoms with Crippen LogP contribution in [-0.4, -0.2) is 47.1 Å². The van der Waals surface area contributed by atoms with E-state index in [2.05, 4.69) is 5.32 Å². The molecule has 6 heteroatoms. The molecule has 1 aliphatic heterocycles. The highest BCUT2D eigenvalue weighted by atomic mass is 16.3. The van der Waals surface area contributed by atoms with Crippen molar-refractivity contribution in [3.05, 3.63) is 0 Å². The first-order valence-corrected chi connectivity index (χ1v) is 6.27. The van der Waals surface area contributed by atoms with Gasteiger partial charge in [-0.15, -0.1) is 0 Å². The van der Waals surface area contributed by atoms with Crippen LogP contribution in [0, 0.1) is 29.1 Å². The Bertz CT molecular complexity index is 442. The van der Waals surface area contributed by atoms with Crippen LogP contribution in [0.25, 0.3) is 0 Å². The van der Waals surface area contributed by atoms with E-state index in [9.17, 15) is 14.7 Å². The molecule has 2 aliphatic carbocycles. The van der Waals surface area contributed by atoms with Crippen molar-refractivity contribution in [2.45, 2.75) is 25.0 Å². The Labute approximate surface area is 105 Å². The van der Waals surface area contributed by atoms with Gasteiger partial charge in [0.2, 0.25) is 0 Å². The summed E-state index contributed by atoms with van der Waals surface area (Å²) < 4.78 is 0. The highest BCUT2D eigenvalue weighted by Gasteiger charge is 2.60. The molecule has 96 valence electrons. The molecule has 3 rings (SSSR count). The molecule has 3 fully saturated rings. The molecule has 0 spiro atoms. The van der Waals surface area contributed by atoms with Gasteiger partial charge < -0.3 is 15.3 Å². The number of likely N-dealkylation sites (tertiary alicyclic amines) is 1. The largest absolute Gasteiger partial charge is 0.391 e. The number of carbonyl (C=O) groups is 2. The standard InChI is InChI=1S/C12H15N3O3/c13-1-2-14-11(17)12(18)15-5-7-3-6-4-8(7)9(15)10(6)16/h6-10,16H,2-5H2,(H,14,17). The molecule has 2 bridgehead atoms. The van der Waals surface area contributed by atoms with Gasteiger partial charge in [-0.3, -0.25) is 9.59 Å². The Hall–Kier alpha value is -1.61. The molecule has 0 radical (unpaired) electrons. The molecule has 1 saturated heterocycles. The molecular weight excluding hydrogens is 234 g/mol. The highest BCUT2D eigenvalue weighted by molar-refractivity contribution is 6.35. The van der Waals surface area contributed by atoms with Crippen LogP contribution in [0.3, 0.4) is 0 Å². The van der Waals surface area contributed by atoms with Gasteiger partial charge in [0.1, 0.15) is 6.54 Å². The van der Waals surface area contributed by atoms with Crippen LogP contribution in [0.1, 0.15) is 12.8 Å². The van der Waals surface area contributed by atoms with Crippen LogP contribution in [-0.2, 0) is 9.59 Å². The van der Waals surface area contributed by atoms with E-state index in [-0.39, 0.29) is 12.6 Å². The second-order valence-electron chi connectivity index (χ2n) is 5.43. The van der Waals surface area contributed by atoms with Crippen molar-refractivity contribution in [2.24, 2.45) is 17.8 Å². The van der Waals surface area contributed by atoms with E-state index in [1.54, 1.807) is 6.07 Å². The first-order valence-electron chi connectivity index (χ1n) is 6.27. The Kier molecular flexibility index (Phi) is 2.52. The third-order valence-electron chi connectivity index (χ3n) is 4.63.